The Balaban J connectivity index is 1.48. The number of anilines is 1. The summed E-state index contributed by atoms with van der Waals surface area (Å²) in [5.41, 5.74) is 4.46. The van der Waals surface area contributed by atoms with Crippen LogP contribution in [0.5, 0.6) is 17.2 Å². The summed E-state index contributed by atoms with van der Waals surface area (Å²) < 4.78 is 11.0. The second-order valence-electron chi connectivity index (χ2n) is 6.95. The average Bonchev–Trinajstić information content (AvgIpc) is 3.34. The second kappa shape index (κ2) is 10.4. The van der Waals surface area contributed by atoms with E-state index in [1.54, 1.807) is 24.4 Å². The first kappa shape index (κ1) is 23.3. The van der Waals surface area contributed by atoms with Crippen molar-refractivity contribution in [1.82, 2.24) is 4.98 Å². The number of benzene rings is 3. The third-order valence-corrected chi connectivity index (χ3v) is 5.45. The fourth-order valence-electron chi connectivity index (χ4n) is 3.04. The van der Waals surface area contributed by atoms with Gasteiger partial charge in [0.15, 0.2) is 11.5 Å². The third-order valence-electron chi connectivity index (χ3n) is 4.71. The lowest BCUT2D eigenvalue weighted by Crippen LogP contribution is -1.98. The maximum atomic E-state index is 11.4. The Morgan fingerprint density at radius 1 is 0.971 bits per heavy atom. The van der Waals surface area contributed by atoms with Crippen molar-refractivity contribution in [2.45, 2.75) is 0 Å². The van der Waals surface area contributed by atoms with E-state index in [0.717, 1.165) is 23.4 Å². The molecule has 176 valence electrons. The normalized spacial score (nSPS) is 10.8. The van der Waals surface area contributed by atoms with E-state index in [1.165, 1.54) is 24.5 Å². The third kappa shape index (κ3) is 5.57. The summed E-state index contributed by atoms with van der Waals surface area (Å²) in [4.78, 5) is 25.3. The van der Waals surface area contributed by atoms with Crippen LogP contribution in [0.2, 0.25) is 0 Å². The number of nitrogens with one attached hydrogen (secondary N) is 1. The number of rotatable bonds is 9. The first-order chi connectivity index (χ1) is 16.9. The molecule has 0 unspecified atom stereocenters. The number of nitrogens with zero attached hydrogens (tertiary/aromatic N) is 4. The fraction of sp³-hybridized carbons (Fsp3) is 0.0435. The molecular weight excluding hydrogens is 474 g/mol. The van der Waals surface area contributed by atoms with E-state index in [2.05, 4.69) is 15.5 Å². The molecule has 3 aromatic carbocycles. The lowest BCUT2D eigenvalue weighted by molar-refractivity contribution is -0.394. The zero-order valence-corrected chi connectivity index (χ0v) is 19.0. The van der Waals surface area contributed by atoms with Crippen LogP contribution in [0.4, 0.5) is 16.5 Å². The first-order valence-electron chi connectivity index (χ1n) is 10.0. The molecule has 1 heterocycles. The molecule has 0 aliphatic rings. The second-order valence-corrected chi connectivity index (χ2v) is 7.81. The van der Waals surface area contributed by atoms with Crippen molar-refractivity contribution < 1.29 is 19.3 Å². The van der Waals surface area contributed by atoms with Crippen LogP contribution >= 0.6 is 11.3 Å². The largest absolute Gasteiger partial charge is 0.493 e. The smallest absolute Gasteiger partial charge is 0.318 e. The van der Waals surface area contributed by atoms with Crippen LogP contribution in [0.3, 0.4) is 0 Å². The summed E-state index contributed by atoms with van der Waals surface area (Å²) in [5, 5.41) is 29.0. The highest BCUT2D eigenvalue weighted by atomic mass is 32.1. The molecule has 0 aliphatic heterocycles. The van der Waals surface area contributed by atoms with E-state index >= 15 is 0 Å². The van der Waals surface area contributed by atoms with Gasteiger partial charge in [0.05, 0.1) is 34.9 Å². The van der Waals surface area contributed by atoms with Gasteiger partial charge in [-0.05, 0) is 29.8 Å². The highest BCUT2D eigenvalue weighted by molar-refractivity contribution is 7.14. The van der Waals surface area contributed by atoms with Gasteiger partial charge in [0, 0.05) is 17.0 Å². The van der Waals surface area contributed by atoms with Gasteiger partial charge in [-0.2, -0.15) is 5.10 Å². The maximum Gasteiger partial charge on any atom is 0.318 e. The Labute approximate surface area is 202 Å². The number of aromatic nitrogens is 1. The first-order valence-corrected chi connectivity index (χ1v) is 10.9. The van der Waals surface area contributed by atoms with Crippen LogP contribution in [0.25, 0.3) is 11.3 Å². The zero-order chi connectivity index (χ0) is 24.8. The lowest BCUT2D eigenvalue weighted by atomic mass is 10.2. The van der Waals surface area contributed by atoms with E-state index in [0.29, 0.717) is 16.4 Å². The quantitative estimate of drug-likeness (QED) is 0.174. The van der Waals surface area contributed by atoms with Gasteiger partial charge in [-0.25, -0.2) is 4.98 Å². The molecule has 0 aliphatic carbocycles. The molecule has 0 spiro atoms. The predicted octanol–water partition coefficient (Wildman–Crippen LogP) is 5.87. The Kier molecular flexibility index (Phi) is 6.93. The number of ether oxygens (including phenoxy) is 2. The summed E-state index contributed by atoms with van der Waals surface area (Å²) in [6.07, 6.45) is 1.56. The molecule has 0 saturated heterocycles. The predicted molar refractivity (Wildman–Crippen MR) is 132 cm³/mol. The van der Waals surface area contributed by atoms with Gasteiger partial charge in [0.2, 0.25) is 10.9 Å². The van der Waals surface area contributed by atoms with Crippen LogP contribution < -0.4 is 14.9 Å². The Morgan fingerprint density at radius 3 is 2.46 bits per heavy atom. The molecule has 0 saturated carbocycles. The summed E-state index contributed by atoms with van der Waals surface area (Å²) in [5.74, 6) is 0.337. The molecule has 0 radical (unpaired) electrons. The molecule has 4 aromatic rings. The van der Waals surface area contributed by atoms with Crippen LogP contribution in [0.15, 0.2) is 77.2 Å². The monoisotopic (exact) mass is 491 g/mol. The minimum atomic E-state index is -0.747. The number of hydrazone groups is 1. The van der Waals surface area contributed by atoms with Crippen molar-refractivity contribution in [3.05, 3.63) is 97.9 Å². The van der Waals surface area contributed by atoms with E-state index in [-0.39, 0.29) is 11.5 Å². The van der Waals surface area contributed by atoms with E-state index in [9.17, 15) is 20.2 Å². The highest BCUT2D eigenvalue weighted by Gasteiger charge is 2.22. The van der Waals surface area contributed by atoms with E-state index in [4.69, 9.17) is 9.47 Å². The van der Waals surface area contributed by atoms with Crippen LogP contribution in [-0.4, -0.2) is 28.2 Å². The van der Waals surface area contributed by atoms with Crippen LogP contribution in [0.1, 0.15) is 5.56 Å². The van der Waals surface area contributed by atoms with Crippen molar-refractivity contribution in [3.8, 4) is 28.5 Å². The van der Waals surface area contributed by atoms with Gasteiger partial charge in [0.1, 0.15) is 0 Å². The number of hydrogen-bond donors (Lipinski definition) is 1. The van der Waals surface area contributed by atoms with Gasteiger partial charge in [-0.1, -0.05) is 30.3 Å². The SMILES string of the molecule is COc1cc(C=NNc2nc(-c3ccccc3)cs2)ccc1Oc1ccc([N+](=O)[O-])cc1[N+](=O)[O-]. The Bertz CT molecular complexity index is 1410. The van der Waals surface area contributed by atoms with Crippen molar-refractivity contribution >= 4 is 34.1 Å². The van der Waals surface area contributed by atoms with Crippen molar-refractivity contribution in [2.24, 2.45) is 5.10 Å². The van der Waals surface area contributed by atoms with Gasteiger partial charge in [-0.3, -0.25) is 25.7 Å². The highest BCUT2D eigenvalue weighted by Crippen LogP contribution is 2.38. The molecule has 0 fully saturated rings. The minimum Gasteiger partial charge on any atom is -0.493 e. The van der Waals surface area contributed by atoms with Crippen LogP contribution in [0, 0.1) is 20.2 Å². The topological polar surface area (TPSA) is 142 Å². The van der Waals surface area contributed by atoms with Crippen LogP contribution in [-0.2, 0) is 0 Å². The number of thiazole rings is 1. The number of non-ortho nitro benzene ring substituents is 1. The lowest BCUT2D eigenvalue weighted by Gasteiger charge is -2.11. The molecule has 0 bridgehead atoms. The number of methoxy groups -OCH3 is 1. The van der Waals surface area contributed by atoms with Gasteiger partial charge in [-0.15, -0.1) is 11.3 Å². The number of nitro groups is 2. The van der Waals surface area contributed by atoms with Crippen molar-refractivity contribution in [3.63, 3.8) is 0 Å². The van der Waals surface area contributed by atoms with Crippen molar-refractivity contribution in [1.29, 1.82) is 0 Å². The van der Waals surface area contributed by atoms with E-state index < -0.39 is 21.2 Å². The molecule has 4 rings (SSSR count). The molecule has 35 heavy (non-hydrogen) atoms. The van der Waals surface area contributed by atoms with Crippen molar-refractivity contribution in [2.75, 3.05) is 12.5 Å². The van der Waals surface area contributed by atoms with Gasteiger partial charge in [0.25, 0.3) is 5.69 Å². The summed E-state index contributed by atoms with van der Waals surface area (Å²) >= 11 is 1.42. The molecule has 11 nitrogen and oxygen atoms in total. The fourth-order valence-corrected chi connectivity index (χ4v) is 3.71. The number of hydrogen-bond acceptors (Lipinski definition) is 10. The zero-order valence-electron chi connectivity index (χ0n) is 18.2. The molecule has 0 atom stereocenters. The minimum absolute atomic E-state index is 0.153. The average molecular weight is 491 g/mol. The summed E-state index contributed by atoms with van der Waals surface area (Å²) in [6, 6.07) is 17.8. The Morgan fingerprint density at radius 2 is 1.74 bits per heavy atom. The summed E-state index contributed by atoms with van der Waals surface area (Å²) in [6.45, 7) is 0. The molecule has 1 aromatic heterocycles. The molecule has 12 heteroatoms. The number of nitro benzene ring substituents is 2. The van der Waals surface area contributed by atoms with E-state index in [1.807, 2.05) is 35.7 Å². The molecular formula is C23H17N5O6S. The standard InChI is InChI=1S/C23H17N5O6S/c1-33-22-11-15(13-24-26-23-25-18(14-35-23)16-5-3-2-4-6-16)7-9-21(22)34-20-10-8-17(27(29)30)12-19(20)28(31)32/h2-14H,1H3,(H,25,26). The summed E-state index contributed by atoms with van der Waals surface area (Å²) in [7, 11) is 1.42. The molecule has 1 N–H and O–H groups in total. The van der Waals surface area contributed by atoms with Gasteiger partial charge < -0.3 is 9.47 Å². The van der Waals surface area contributed by atoms with Gasteiger partial charge >= 0.3 is 5.69 Å². The molecule has 0 amide bonds. The Hall–Kier alpha value is -4.84. The maximum absolute atomic E-state index is 11.4.